The van der Waals surface area contributed by atoms with Crippen LogP contribution in [0.3, 0.4) is 0 Å². The molecule has 0 radical (unpaired) electrons. The number of aromatic amines is 1. The number of Topliss-reactive ketones (excluding diaryl/α,β-unsaturated/α-hetero) is 1. The Morgan fingerprint density at radius 2 is 2.43 bits per heavy atom. The normalized spacial score (nSPS) is 10.7. The van der Waals surface area contributed by atoms with Gasteiger partial charge in [-0.1, -0.05) is 0 Å². The largest absolute Gasteiger partial charge is 0.349 e. The summed E-state index contributed by atoms with van der Waals surface area (Å²) >= 11 is 0. The molecule has 0 saturated heterocycles. The Morgan fingerprint density at radius 1 is 1.64 bits per heavy atom. The molecule has 5 nitrogen and oxygen atoms in total. The average molecular weight is 190 g/mol. The van der Waals surface area contributed by atoms with Gasteiger partial charge in [-0.25, -0.2) is 9.97 Å². The number of aromatic nitrogens is 3. The number of fused-ring (bicyclic) bond motifs is 1. The van der Waals surface area contributed by atoms with Crippen LogP contribution >= 0.6 is 0 Å². The van der Waals surface area contributed by atoms with Gasteiger partial charge in [0.05, 0.1) is 29.5 Å². The minimum absolute atomic E-state index is 0.000761. The number of hydrogen-bond acceptors (Lipinski definition) is 4. The second kappa shape index (κ2) is 3.19. The third-order valence-electron chi connectivity index (χ3n) is 1.97. The van der Waals surface area contributed by atoms with E-state index >= 15 is 0 Å². The fourth-order valence-electron chi connectivity index (χ4n) is 1.27. The van der Waals surface area contributed by atoms with E-state index in [9.17, 15) is 4.79 Å². The summed E-state index contributed by atoms with van der Waals surface area (Å²) in [5.74, 6) is 0.559. The highest BCUT2D eigenvalue weighted by molar-refractivity contribution is 5.99. The van der Waals surface area contributed by atoms with Crippen molar-refractivity contribution in [3.63, 3.8) is 0 Å². The number of carbonyl (C=O) groups is 1. The molecule has 0 aromatic carbocycles. The van der Waals surface area contributed by atoms with E-state index in [0.717, 1.165) is 11.0 Å². The van der Waals surface area contributed by atoms with Crippen LogP contribution < -0.4 is 5.73 Å². The SMILES string of the molecule is Cc1ncc2[nH]c(C(=O)CN)cc2n1. The van der Waals surface area contributed by atoms with Crippen molar-refractivity contribution in [2.24, 2.45) is 5.73 Å². The van der Waals surface area contributed by atoms with Gasteiger partial charge in [0, 0.05) is 0 Å². The minimum atomic E-state index is -0.124. The number of hydrogen-bond donors (Lipinski definition) is 2. The Bertz CT molecular complexity index is 489. The van der Waals surface area contributed by atoms with Crippen LogP contribution in [0.2, 0.25) is 0 Å². The summed E-state index contributed by atoms with van der Waals surface area (Å²) in [6, 6.07) is 1.69. The lowest BCUT2D eigenvalue weighted by Crippen LogP contribution is -2.13. The van der Waals surface area contributed by atoms with Gasteiger partial charge in [0.25, 0.3) is 0 Å². The van der Waals surface area contributed by atoms with Crippen LogP contribution in [0, 0.1) is 6.92 Å². The quantitative estimate of drug-likeness (QED) is 0.671. The van der Waals surface area contributed by atoms with Crippen LogP contribution in [0.1, 0.15) is 16.3 Å². The molecule has 2 aromatic heterocycles. The highest BCUT2D eigenvalue weighted by Crippen LogP contribution is 2.11. The molecule has 0 aliphatic heterocycles. The Labute approximate surface area is 80.4 Å². The number of rotatable bonds is 2. The molecule has 0 saturated carbocycles. The summed E-state index contributed by atoms with van der Waals surface area (Å²) in [5.41, 5.74) is 7.24. The molecule has 0 aliphatic rings. The van der Waals surface area contributed by atoms with Crippen molar-refractivity contribution in [2.75, 3.05) is 6.54 Å². The zero-order valence-electron chi connectivity index (χ0n) is 7.74. The maximum Gasteiger partial charge on any atom is 0.192 e. The lowest BCUT2D eigenvalue weighted by atomic mass is 10.3. The first-order valence-corrected chi connectivity index (χ1v) is 4.26. The van der Waals surface area contributed by atoms with Gasteiger partial charge in [0.1, 0.15) is 5.82 Å². The van der Waals surface area contributed by atoms with Gasteiger partial charge in [-0.2, -0.15) is 0 Å². The van der Waals surface area contributed by atoms with E-state index in [-0.39, 0.29) is 12.3 Å². The zero-order valence-corrected chi connectivity index (χ0v) is 7.74. The molecule has 3 N–H and O–H groups in total. The number of H-pyrrole nitrogens is 1. The molecule has 2 rings (SSSR count). The summed E-state index contributed by atoms with van der Waals surface area (Å²) in [5, 5.41) is 0. The topological polar surface area (TPSA) is 84.7 Å². The maximum absolute atomic E-state index is 11.3. The Kier molecular flexibility index (Phi) is 2.01. The monoisotopic (exact) mass is 190 g/mol. The molecule has 0 atom stereocenters. The molecule has 0 amide bonds. The van der Waals surface area contributed by atoms with Gasteiger partial charge in [-0.3, -0.25) is 4.79 Å². The summed E-state index contributed by atoms with van der Waals surface area (Å²) in [6.07, 6.45) is 1.66. The predicted molar refractivity (Wildman–Crippen MR) is 52.0 cm³/mol. The van der Waals surface area contributed by atoms with Gasteiger partial charge in [-0.15, -0.1) is 0 Å². The molecule has 0 aliphatic carbocycles. The second-order valence-corrected chi connectivity index (χ2v) is 3.03. The number of nitrogens with two attached hydrogens (primary N) is 1. The summed E-state index contributed by atoms with van der Waals surface area (Å²) in [7, 11) is 0. The van der Waals surface area contributed by atoms with Crippen molar-refractivity contribution in [3.8, 4) is 0 Å². The van der Waals surface area contributed by atoms with Crippen molar-refractivity contribution in [2.45, 2.75) is 6.92 Å². The fourth-order valence-corrected chi connectivity index (χ4v) is 1.27. The number of nitrogens with one attached hydrogen (secondary N) is 1. The van der Waals surface area contributed by atoms with E-state index < -0.39 is 0 Å². The summed E-state index contributed by atoms with van der Waals surface area (Å²) in [6.45, 7) is 1.80. The summed E-state index contributed by atoms with van der Waals surface area (Å²) < 4.78 is 0. The van der Waals surface area contributed by atoms with Crippen molar-refractivity contribution in [1.29, 1.82) is 0 Å². The molecule has 72 valence electrons. The van der Waals surface area contributed by atoms with Gasteiger partial charge >= 0.3 is 0 Å². The van der Waals surface area contributed by atoms with Gasteiger partial charge in [0.2, 0.25) is 0 Å². The number of aryl methyl sites for hydroxylation is 1. The van der Waals surface area contributed by atoms with E-state index in [1.54, 1.807) is 19.2 Å². The third kappa shape index (κ3) is 1.38. The molecule has 0 bridgehead atoms. The Hall–Kier alpha value is -1.75. The van der Waals surface area contributed by atoms with Crippen molar-refractivity contribution >= 4 is 16.8 Å². The highest BCUT2D eigenvalue weighted by atomic mass is 16.1. The molecule has 0 fully saturated rings. The molecular formula is C9H10N4O. The molecule has 0 unspecified atom stereocenters. The van der Waals surface area contributed by atoms with Gasteiger partial charge in [0.15, 0.2) is 5.78 Å². The van der Waals surface area contributed by atoms with E-state index in [1.807, 2.05) is 0 Å². The average Bonchev–Trinajstić information content (AvgIpc) is 2.59. The van der Waals surface area contributed by atoms with E-state index in [1.165, 1.54) is 0 Å². The van der Waals surface area contributed by atoms with Gasteiger partial charge < -0.3 is 10.7 Å². The number of nitrogens with zero attached hydrogens (tertiary/aromatic N) is 2. The first kappa shape index (κ1) is 8.83. The predicted octanol–water partition coefficient (Wildman–Crippen LogP) is 0.408. The first-order chi connectivity index (χ1) is 6.70. The Morgan fingerprint density at radius 3 is 3.14 bits per heavy atom. The smallest absolute Gasteiger partial charge is 0.192 e. The molecule has 5 heteroatoms. The molecular weight excluding hydrogens is 180 g/mol. The lowest BCUT2D eigenvalue weighted by Gasteiger charge is -1.89. The molecule has 2 heterocycles. The van der Waals surface area contributed by atoms with Crippen LogP contribution in [-0.4, -0.2) is 27.3 Å². The molecule has 0 spiro atoms. The first-order valence-electron chi connectivity index (χ1n) is 4.26. The number of carbonyl (C=O) groups excluding carboxylic acids is 1. The van der Waals surface area contributed by atoms with Crippen molar-refractivity contribution < 1.29 is 4.79 Å². The van der Waals surface area contributed by atoms with Crippen LogP contribution in [0.5, 0.6) is 0 Å². The number of ketones is 1. The highest BCUT2D eigenvalue weighted by Gasteiger charge is 2.08. The van der Waals surface area contributed by atoms with E-state index in [4.69, 9.17) is 5.73 Å². The zero-order chi connectivity index (χ0) is 10.1. The molecule has 14 heavy (non-hydrogen) atoms. The van der Waals surface area contributed by atoms with Crippen LogP contribution in [0.25, 0.3) is 11.0 Å². The fraction of sp³-hybridized carbons (Fsp3) is 0.222. The second-order valence-electron chi connectivity index (χ2n) is 3.03. The third-order valence-corrected chi connectivity index (χ3v) is 1.97. The molecule has 2 aromatic rings. The van der Waals surface area contributed by atoms with Crippen LogP contribution in [-0.2, 0) is 0 Å². The Balaban J connectivity index is 2.56. The standard InChI is InChI=1S/C9H10N4O/c1-5-11-4-8-6(12-5)2-7(13-8)9(14)3-10/h2,4,13H,3,10H2,1H3. The van der Waals surface area contributed by atoms with E-state index in [2.05, 4.69) is 15.0 Å². The van der Waals surface area contributed by atoms with Crippen LogP contribution in [0.15, 0.2) is 12.3 Å². The van der Waals surface area contributed by atoms with Crippen molar-refractivity contribution in [1.82, 2.24) is 15.0 Å². The maximum atomic E-state index is 11.3. The van der Waals surface area contributed by atoms with Crippen LogP contribution in [0.4, 0.5) is 0 Å². The summed E-state index contributed by atoms with van der Waals surface area (Å²) in [4.78, 5) is 22.4. The van der Waals surface area contributed by atoms with Gasteiger partial charge in [-0.05, 0) is 13.0 Å². The lowest BCUT2D eigenvalue weighted by molar-refractivity contribution is 0.0997. The minimum Gasteiger partial charge on any atom is -0.349 e. The van der Waals surface area contributed by atoms with Crippen molar-refractivity contribution in [3.05, 3.63) is 23.8 Å². The van der Waals surface area contributed by atoms with E-state index in [0.29, 0.717) is 11.5 Å².